The molecule has 3 aromatic rings. The van der Waals surface area contributed by atoms with E-state index in [4.69, 9.17) is 0 Å². The zero-order valence-corrected chi connectivity index (χ0v) is 10.5. The highest BCUT2D eigenvalue weighted by molar-refractivity contribution is 5.79. The maximum Gasteiger partial charge on any atom is 0.146 e. The van der Waals surface area contributed by atoms with Crippen LogP contribution in [-0.2, 0) is 6.54 Å². The lowest BCUT2D eigenvalue weighted by molar-refractivity contribution is 0.628. The Morgan fingerprint density at radius 3 is 2.63 bits per heavy atom. The largest absolute Gasteiger partial charge is 0.381 e. The average molecular weight is 254 g/mol. The molecule has 0 atom stereocenters. The first kappa shape index (κ1) is 11.8. The van der Waals surface area contributed by atoms with Crippen molar-refractivity contribution in [1.29, 1.82) is 0 Å². The number of nitrogens with zero attached hydrogens (tertiary/aromatic N) is 1. The summed E-state index contributed by atoms with van der Waals surface area (Å²) in [5.41, 5.74) is 1.76. The maximum atomic E-state index is 13.4. The van der Waals surface area contributed by atoms with Crippen molar-refractivity contribution in [3.8, 4) is 0 Å². The van der Waals surface area contributed by atoms with E-state index in [0.29, 0.717) is 12.2 Å². The summed E-state index contributed by atoms with van der Waals surface area (Å²) >= 11 is 0. The van der Waals surface area contributed by atoms with Crippen molar-refractivity contribution < 1.29 is 4.39 Å². The van der Waals surface area contributed by atoms with Crippen LogP contribution in [0.25, 0.3) is 10.9 Å². The molecule has 3 rings (SSSR count). The zero-order valence-electron chi connectivity index (χ0n) is 10.5. The third-order valence-electron chi connectivity index (χ3n) is 3.22. The highest BCUT2D eigenvalue weighted by atomic mass is 19.1. The summed E-state index contributed by atoms with van der Waals surface area (Å²) in [6, 6.07) is 17.1. The van der Waals surface area contributed by atoms with E-state index in [2.05, 4.69) is 34.3 Å². The van der Waals surface area contributed by atoms with Gasteiger partial charge >= 0.3 is 0 Å². The van der Waals surface area contributed by atoms with Gasteiger partial charge in [-0.05, 0) is 29.7 Å². The molecule has 0 aliphatic rings. The summed E-state index contributed by atoms with van der Waals surface area (Å²) < 4.78 is 15.6. The van der Waals surface area contributed by atoms with E-state index in [0.717, 1.165) is 6.54 Å². The van der Waals surface area contributed by atoms with Gasteiger partial charge in [0, 0.05) is 24.8 Å². The minimum atomic E-state index is -0.208. The van der Waals surface area contributed by atoms with Gasteiger partial charge in [-0.2, -0.15) is 0 Å². The van der Waals surface area contributed by atoms with Crippen LogP contribution in [0.2, 0.25) is 0 Å². The molecule has 1 N–H and O–H groups in total. The summed E-state index contributed by atoms with van der Waals surface area (Å²) in [6.07, 6.45) is 2.06. The fraction of sp³-hybridized carbons (Fsp3) is 0.125. The molecular formula is C16H15FN2. The number of hydrogen-bond donors (Lipinski definition) is 1. The van der Waals surface area contributed by atoms with Crippen LogP contribution in [0.15, 0.2) is 60.8 Å². The molecule has 1 heterocycles. The summed E-state index contributed by atoms with van der Waals surface area (Å²) in [5.74, 6) is -0.208. The van der Waals surface area contributed by atoms with E-state index in [1.54, 1.807) is 12.1 Å². The second-order valence-corrected chi connectivity index (χ2v) is 4.47. The van der Waals surface area contributed by atoms with Crippen molar-refractivity contribution in [2.75, 3.05) is 11.9 Å². The van der Waals surface area contributed by atoms with Crippen LogP contribution in [-0.4, -0.2) is 11.1 Å². The van der Waals surface area contributed by atoms with Gasteiger partial charge in [-0.15, -0.1) is 0 Å². The van der Waals surface area contributed by atoms with Crippen molar-refractivity contribution in [2.45, 2.75) is 6.54 Å². The number of benzene rings is 2. The lowest BCUT2D eigenvalue weighted by Gasteiger charge is -2.09. The van der Waals surface area contributed by atoms with Gasteiger partial charge in [-0.3, -0.25) is 0 Å². The Kier molecular flexibility index (Phi) is 3.19. The number of hydrogen-bond acceptors (Lipinski definition) is 1. The molecule has 96 valence electrons. The molecule has 0 radical (unpaired) electrons. The van der Waals surface area contributed by atoms with E-state index in [1.807, 2.05) is 18.2 Å². The Labute approximate surface area is 111 Å². The van der Waals surface area contributed by atoms with Gasteiger partial charge in [0.25, 0.3) is 0 Å². The third-order valence-corrected chi connectivity index (χ3v) is 3.22. The molecule has 0 unspecified atom stereocenters. The summed E-state index contributed by atoms with van der Waals surface area (Å²) in [6.45, 7) is 1.50. The van der Waals surface area contributed by atoms with E-state index >= 15 is 0 Å². The second kappa shape index (κ2) is 5.14. The molecule has 1 aromatic heterocycles. The predicted octanol–water partition coefficient (Wildman–Crippen LogP) is 3.89. The third kappa shape index (κ3) is 2.45. The number of nitrogens with one attached hydrogen (secondary N) is 1. The quantitative estimate of drug-likeness (QED) is 0.747. The van der Waals surface area contributed by atoms with E-state index in [1.165, 1.54) is 17.0 Å². The minimum absolute atomic E-state index is 0.208. The topological polar surface area (TPSA) is 17.0 Å². The van der Waals surface area contributed by atoms with Crippen molar-refractivity contribution >= 4 is 16.6 Å². The van der Waals surface area contributed by atoms with Crippen molar-refractivity contribution in [2.24, 2.45) is 0 Å². The molecule has 0 aliphatic heterocycles. The number of halogens is 1. The first-order chi connectivity index (χ1) is 9.34. The Morgan fingerprint density at radius 2 is 1.74 bits per heavy atom. The molecule has 2 nitrogen and oxygen atoms in total. The van der Waals surface area contributed by atoms with Gasteiger partial charge in [0.05, 0.1) is 5.69 Å². The molecule has 0 fully saturated rings. The summed E-state index contributed by atoms with van der Waals surface area (Å²) in [4.78, 5) is 0. The van der Waals surface area contributed by atoms with Gasteiger partial charge in [-0.1, -0.05) is 30.3 Å². The van der Waals surface area contributed by atoms with E-state index in [-0.39, 0.29) is 5.82 Å². The molecular weight excluding hydrogens is 239 g/mol. The lowest BCUT2D eigenvalue weighted by atomic mass is 10.2. The Balaban J connectivity index is 1.68. The Hall–Kier alpha value is -2.29. The van der Waals surface area contributed by atoms with Gasteiger partial charge in [0.2, 0.25) is 0 Å². The number of para-hydroxylation sites is 2. The van der Waals surface area contributed by atoms with Crippen LogP contribution < -0.4 is 5.32 Å². The molecule has 19 heavy (non-hydrogen) atoms. The van der Waals surface area contributed by atoms with Crippen LogP contribution in [0.1, 0.15) is 0 Å². The standard InChI is InChI=1S/C16H15FN2/c17-14-6-2-3-7-15(14)18-10-12-19-11-9-13-5-1-4-8-16(13)19/h1-9,11,18H,10,12H2. The van der Waals surface area contributed by atoms with Crippen LogP contribution in [0.3, 0.4) is 0 Å². The molecule has 0 saturated carbocycles. The first-order valence-corrected chi connectivity index (χ1v) is 6.37. The zero-order chi connectivity index (χ0) is 13.1. The highest BCUT2D eigenvalue weighted by Gasteiger charge is 2.01. The number of rotatable bonds is 4. The van der Waals surface area contributed by atoms with Gasteiger partial charge in [0.1, 0.15) is 5.82 Å². The van der Waals surface area contributed by atoms with Crippen molar-refractivity contribution in [3.05, 3.63) is 66.6 Å². The monoisotopic (exact) mass is 254 g/mol. The SMILES string of the molecule is Fc1ccccc1NCCn1ccc2ccccc21. The van der Waals surface area contributed by atoms with Crippen LogP contribution in [0.5, 0.6) is 0 Å². The molecule has 0 saturated heterocycles. The summed E-state index contributed by atoms with van der Waals surface area (Å²) in [7, 11) is 0. The fourth-order valence-corrected chi connectivity index (χ4v) is 2.25. The minimum Gasteiger partial charge on any atom is -0.381 e. The lowest BCUT2D eigenvalue weighted by Crippen LogP contribution is -2.10. The van der Waals surface area contributed by atoms with Gasteiger partial charge in [-0.25, -0.2) is 4.39 Å². The molecule has 0 aliphatic carbocycles. The predicted molar refractivity (Wildman–Crippen MR) is 76.8 cm³/mol. The Bertz CT molecular complexity index is 688. The van der Waals surface area contributed by atoms with Crippen LogP contribution >= 0.6 is 0 Å². The van der Waals surface area contributed by atoms with Gasteiger partial charge < -0.3 is 9.88 Å². The molecule has 0 amide bonds. The second-order valence-electron chi connectivity index (χ2n) is 4.47. The number of fused-ring (bicyclic) bond motifs is 1. The van der Waals surface area contributed by atoms with E-state index < -0.39 is 0 Å². The fourth-order valence-electron chi connectivity index (χ4n) is 2.25. The number of anilines is 1. The van der Waals surface area contributed by atoms with Crippen molar-refractivity contribution in [1.82, 2.24) is 4.57 Å². The molecule has 0 bridgehead atoms. The number of aromatic nitrogens is 1. The maximum absolute atomic E-state index is 13.4. The smallest absolute Gasteiger partial charge is 0.146 e. The highest BCUT2D eigenvalue weighted by Crippen LogP contribution is 2.15. The molecule has 0 spiro atoms. The van der Waals surface area contributed by atoms with E-state index in [9.17, 15) is 4.39 Å². The molecule has 3 heteroatoms. The van der Waals surface area contributed by atoms with Crippen LogP contribution in [0, 0.1) is 5.82 Å². The average Bonchev–Trinajstić information content (AvgIpc) is 2.85. The summed E-state index contributed by atoms with van der Waals surface area (Å²) in [5, 5.41) is 4.35. The first-order valence-electron chi connectivity index (χ1n) is 6.37. The van der Waals surface area contributed by atoms with Gasteiger partial charge in [0.15, 0.2) is 0 Å². The van der Waals surface area contributed by atoms with Crippen LogP contribution in [0.4, 0.5) is 10.1 Å². The van der Waals surface area contributed by atoms with Crippen molar-refractivity contribution in [3.63, 3.8) is 0 Å². The Morgan fingerprint density at radius 1 is 0.947 bits per heavy atom. The normalized spacial score (nSPS) is 10.8. The molecule has 2 aromatic carbocycles.